The van der Waals surface area contributed by atoms with Gasteiger partial charge in [0, 0.05) is 24.7 Å². The second-order valence-electron chi connectivity index (χ2n) is 11.7. The van der Waals surface area contributed by atoms with E-state index in [4.69, 9.17) is 4.65 Å². The highest BCUT2D eigenvalue weighted by Crippen LogP contribution is 2.44. The Morgan fingerprint density at radius 1 is 0.850 bits per heavy atom. The van der Waals surface area contributed by atoms with E-state index in [1.54, 1.807) is 34.6 Å². The molecule has 3 aliphatic rings. The predicted molar refractivity (Wildman–Crippen MR) is 146 cm³/mol. The first-order chi connectivity index (χ1) is 18.3. The van der Waals surface area contributed by atoms with Crippen LogP contribution in [0.4, 0.5) is 13.2 Å². The first-order valence-electron chi connectivity index (χ1n) is 13.7. The van der Waals surface area contributed by atoms with Crippen LogP contribution in [0.15, 0.2) is 0 Å². The zero-order chi connectivity index (χ0) is 30.3. The van der Waals surface area contributed by atoms with Crippen molar-refractivity contribution in [1.82, 2.24) is 13.2 Å². The maximum atomic E-state index is 13.9. The van der Waals surface area contributed by atoms with Crippen molar-refractivity contribution in [1.29, 1.82) is 0 Å². The van der Waals surface area contributed by atoms with E-state index in [0.29, 0.717) is 38.5 Å². The molecule has 3 rings (SSSR count). The Hall–Kier alpha value is -0.430. The SMILES string of the molecule is CCCCS(=O)(=O)N1B(N2B(OS(=O)(=O)C(F)(F)F)OC[C@H]2C(C)(C)C)N(S(=O)(=O)CCCC)[C@@H]2CCCC[C@H]21. The normalized spacial score (nSPS) is 26.6. The topological polar surface area (TPSA) is 131 Å². The van der Waals surface area contributed by atoms with Crippen LogP contribution in [-0.4, -0.2) is 94.5 Å². The minimum Gasteiger partial charge on any atom is -0.395 e. The minimum absolute atomic E-state index is 0.285. The van der Waals surface area contributed by atoms with Crippen molar-refractivity contribution >= 4 is 44.5 Å². The lowest BCUT2D eigenvalue weighted by molar-refractivity contribution is -0.0509. The molecule has 1 aliphatic carbocycles. The molecule has 0 amide bonds. The number of rotatable bonds is 11. The van der Waals surface area contributed by atoms with Crippen molar-refractivity contribution < 1.29 is 47.2 Å². The van der Waals surface area contributed by atoms with Crippen LogP contribution in [-0.2, 0) is 38.9 Å². The monoisotopic (exact) mass is 637 g/mol. The Balaban J connectivity index is 2.27. The Morgan fingerprint density at radius 3 is 1.68 bits per heavy atom. The van der Waals surface area contributed by atoms with E-state index in [1.807, 2.05) is 0 Å². The van der Waals surface area contributed by atoms with Crippen molar-refractivity contribution in [2.45, 2.75) is 110 Å². The Bertz CT molecular complexity index is 1160. The lowest BCUT2D eigenvalue weighted by Crippen LogP contribution is -2.68. The van der Waals surface area contributed by atoms with Gasteiger partial charge >= 0.3 is 30.0 Å². The number of unbranched alkanes of at least 4 members (excludes halogenated alkanes) is 2. The van der Waals surface area contributed by atoms with Crippen LogP contribution in [0.25, 0.3) is 0 Å². The van der Waals surface area contributed by atoms with Crippen LogP contribution < -0.4 is 0 Å². The summed E-state index contributed by atoms with van der Waals surface area (Å²) in [6.07, 6.45) is 3.63. The highest BCUT2D eigenvalue weighted by atomic mass is 32.2. The molecule has 0 bridgehead atoms. The number of hydrogen-bond acceptors (Lipinski definition) is 9. The van der Waals surface area contributed by atoms with Crippen LogP contribution in [0, 0.1) is 5.41 Å². The van der Waals surface area contributed by atoms with Gasteiger partial charge in [0.2, 0.25) is 20.0 Å². The van der Waals surface area contributed by atoms with Crippen LogP contribution in [0.2, 0.25) is 0 Å². The van der Waals surface area contributed by atoms with Gasteiger partial charge in [-0.05, 0) is 31.1 Å². The second kappa shape index (κ2) is 12.3. The summed E-state index contributed by atoms with van der Waals surface area (Å²) >= 11 is 0. The number of hydrogen-bond donors (Lipinski definition) is 0. The van der Waals surface area contributed by atoms with Gasteiger partial charge in [-0.15, -0.1) is 0 Å². The van der Waals surface area contributed by atoms with Crippen molar-refractivity contribution in [2.75, 3.05) is 18.1 Å². The van der Waals surface area contributed by atoms with Gasteiger partial charge in [0.15, 0.2) is 0 Å². The minimum atomic E-state index is -6.18. The summed E-state index contributed by atoms with van der Waals surface area (Å²) in [5.41, 5.74) is -6.57. The zero-order valence-corrected chi connectivity index (χ0v) is 26.1. The molecule has 0 radical (unpaired) electrons. The van der Waals surface area contributed by atoms with Gasteiger partial charge in [-0.2, -0.15) is 21.6 Å². The molecule has 232 valence electrons. The average Bonchev–Trinajstić information content (AvgIpc) is 3.39. The zero-order valence-electron chi connectivity index (χ0n) is 23.6. The number of alkyl halides is 3. The molecule has 3 atom stereocenters. The summed E-state index contributed by atoms with van der Waals surface area (Å²) in [5, 5.41) is 0. The summed E-state index contributed by atoms with van der Waals surface area (Å²) in [5.74, 6) is -0.597. The van der Waals surface area contributed by atoms with Crippen LogP contribution in [0.3, 0.4) is 0 Å². The first-order valence-corrected chi connectivity index (χ1v) is 18.3. The molecule has 0 aromatic heterocycles. The Kier molecular flexibility index (Phi) is 10.5. The van der Waals surface area contributed by atoms with Gasteiger partial charge in [-0.25, -0.2) is 25.3 Å². The number of nitrogens with zero attached hydrogens (tertiary/aromatic N) is 3. The van der Waals surface area contributed by atoms with Crippen LogP contribution in [0.5, 0.6) is 0 Å². The van der Waals surface area contributed by atoms with E-state index in [2.05, 4.69) is 4.10 Å². The van der Waals surface area contributed by atoms with Crippen LogP contribution in [0.1, 0.15) is 86.0 Å². The smallest absolute Gasteiger partial charge is 0.395 e. The molecule has 0 unspecified atom stereocenters. The molecule has 2 heterocycles. The molecule has 0 aromatic rings. The standard InChI is InChI=1S/C21H40B2F3N3O8S3/c1-6-8-14-38(30,31)28-17-12-10-11-13-18(17)29(39(32,33)15-9-7-2)22(28)27-19(20(3,4)5)16-36-23(27)37-40(34,35)21(24,25)26/h17-19H,6-16H2,1-5H3/t17-,18-,19+/m1/s1. The number of halogens is 3. The van der Waals surface area contributed by atoms with Gasteiger partial charge in [-0.1, -0.05) is 60.3 Å². The molecule has 0 N–H and O–H groups in total. The molecule has 1 saturated carbocycles. The second-order valence-corrected chi connectivity index (χ2v) is 17.3. The van der Waals surface area contributed by atoms with E-state index in [0.717, 1.165) is 13.2 Å². The predicted octanol–water partition coefficient (Wildman–Crippen LogP) is 2.76. The van der Waals surface area contributed by atoms with Gasteiger partial charge < -0.3 is 4.65 Å². The molecule has 3 fully saturated rings. The molecule has 2 aliphatic heterocycles. The quantitative estimate of drug-likeness (QED) is 0.248. The summed E-state index contributed by atoms with van der Waals surface area (Å²) in [6, 6.07) is -2.42. The Labute approximate surface area is 237 Å². The van der Waals surface area contributed by atoms with E-state index in [1.165, 1.54) is 0 Å². The highest BCUT2D eigenvalue weighted by Gasteiger charge is 2.67. The van der Waals surface area contributed by atoms with E-state index in [-0.39, 0.29) is 31.0 Å². The van der Waals surface area contributed by atoms with Crippen molar-refractivity contribution in [3.8, 4) is 0 Å². The van der Waals surface area contributed by atoms with Crippen LogP contribution >= 0.6 is 0 Å². The summed E-state index contributed by atoms with van der Waals surface area (Å²) in [4.78, 5) is 0. The summed E-state index contributed by atoms with van der Waals surface area (Å²) in [7, 11) is -18.3. The fourth-order valence-corrected chi connectivity index (χ4v) is 10.2. The molecule has 2 saturated heterocycles. The summed E-state index contributed by atoms with van der Waals surface area (Å²) < 4.78 is 133. The maximum absolute atomic E-state index is 13.9. The number of sulfonamides is 2. The highest BCUT2D eigenvalue weighted by molar-refractivity contribution is 7.92. The van der Waals surface area contributed by atoms with Crippen molar-refractivity contribution in [3.05, 3.63) is 0 Å². The average molecular weight is 637 g/mol. The fraction of sp³-hybridized carbons (Fsp3) is 1.00. The maximum Gasteiger partial charge on any atom is 0.563 e. The summed E-state index contributed by atoms with van der Waals surface area (Å²) in [6.45, 7) is 8.47. The van der Waals surface area contributed by atoms with E-state index < -0.39 is 73.6 Å². The largest absolute Gasteiger partial charge is 0.563 e. The lowest BCUT2D eigenvalue weighted by atomic mass is 9.74. The molecule has 0 aromatic carbocycles. The molecule has 40 heavy (non-hydrogen) atoms. The van der Waals surface area contributed by atoms with Crippen molar-refractivity contribution in [2.24, 2.45) is 5.41 Å². The van der Waals surface area contributed by atoms with Gasteiger partial charge in [0.25, 0.3) is 0 Å². The Morgan fingerprint density at radius 2 is 1.30 bits per heavy atom. The van der Waals surface area contributed by atoms with Gasteiger partial charge in [0.05, 0.1) is 11.5 Å². The third-order valence-corrected chi connectivity index (χ3v) is 12.5. The molecular formula is C21H40B2F3N3O8S3. The molecule has 19 heteroatoms. The first kappa shape index (κ1) is 34.1. The van der Waals surface area contributed by atoms with E-state index >= 15 is 0 Å². The van der Waals surface area contributed by atoms with Gasteiger partial charge in [-0.3, -0.25) is 8.82 Å². The van der Waals surface area contributed by atoms with E-state index in [9.17, 15) is 38.4 Å². The third-order valence-electron chi connectivity index (χ3n) is 7.72. The van der Waals surface area contributed by atoms with Crippen molar-refractivity contribution in [3.63, 3.8) is 0 Å². The number of fused-ring (bicyclic) bond motifs is 1. The van der Waals surface area contributed by atoms with Gasteiger partial charge in [0.1, 0.15) is 0 Å². The molecular weight excluding hydrogens is 597 g/mol. The fourth-order valence-electron chi connectivity index (χ4n) is 5.67. The molecule has 11 nitrogen and oxygen atoms in total. The lowest BCUT2D eigenvalue weighted by Gasteiger charge is -2.41. The third kappa shape index (κ3) is 6.86. The molecule has 0 spiro atoms.